The molecule has 5 nitrogen and oxygen atoms in total. The van der Waals surface area contributed by atoms with Gasteiger partial charge < -0.3 is 16.0 Å². The number of rotatable bonds is 4. The predicted octanol–water partition coefficient (Wildman–Crippen LogP) is 3.29. The molecule has 2 heterocycles. The van der Waals surface area contributed by atoms with E-state index in [0.717, 1.165) is 6.07 Å². The lowest BCUT2D eigenvalue weighted by Crippen LogP contribution is -2.16. The van der Waals surface area contributed by atoms with Crippen LogP contribution < -0.4 is 11.1 Å². The van der Waals surface area contributed by atoms with E-state index in [2.05, 4.69) is 15.3 Å². The van der Waals surface area contributed by atoms with Crippen LogP contribution in [0.15, 0.2) is 42.7 Å². The first kappa shape index (κ1) is 15.9. The van der Waals surface area contributed by atoms with Crippen LogP contribution in [0.5, 0.6) is 0 Å². The summed E-state index contributed by atoms with van der Waals surface area (Å²) in [6.07, 6.45) is -1.54. The molecule has 8 heteroatoms. The molecule has 0 aliphatic rings. The zero-order valence-electron chi connectivity index (χ0n) is 12.3. The number of carbonyl (C=O) groups excluding carboxylic acids is 1. The van der Waals surface area contributed by atoms with Crippen molar-refractivity contribution in [1.29, 1.82) is 0 Å². The molecular weight excluding hydrogens is 321 g/mol. The SMILES string of the molecule is NC(=O)c1cnc2[nH]ccc2c1NCc1ccccc1C(F)(F)F. The number of nitrogens with one attached hydrogen (secondary N) is 2. The average molecular weight is 334 g/mol. The van der Waals surface area contributed by atoms with Gasteiger partial charge in [0.05, 0.1) is 16.8 Å². The number of hydrogen-bond acceptors (Lipinski definition) is 3. The van der Waals surface area contributed by atoms with E-state index in [1.54, 1.807) is 12.3 Å². The number of nitrogens with two attached hydrogens (primary N) is 1. The molecular formula is C16H13F3N4O. The highest BCUT2D eigenvalue weighted by molar-refractivity contribution is 6.05. The third kappa shape index (κ3) is 2.90. The fourth-order valence-corrected chi connectivity index (χ4v) is 2.52. The third-order valence-electron chi connectivity index (χ3n) is 3.63. The van der Waals surface area contributed by atoms with Crippen LogP contribution in [0.3, 0.4) is 0 Å². The van der Waals surface area contributed by atoms with Crippen molar-refractivity contribution in [2.75, 3.05) is 5.32 Å². The van der Waals surface area contributed by atoms with Crippen molar-refractivity contribution in [3.63, 3.8) is 0 Å². The summed E-state index contributed by atoms with van der Waals surface area (Å²) < 4.78 is 39.2. The van der Waals surface area contributed by atoms with Crippen molar-refractivity contribution in [2.24, 2.45) is 5.73 Å². The molecule has 0 saturated carbocycles. The molecule has 1 aromatic carbocycles. The second-order valence-electron chi connectivity index (χ2n) is 5.16. The summed E-state index contributed by atoms with van der Waals surface area (Å²) in [5, 5.41) is 3.47. The first-order valence-electron chi connectivity index (χ1n) is 7.03. The van der Waals surface area contributed by atoms with Crippen LogP contribution in [0.2, 0.25) is 0 Å². The van der Waals surface area contributed by atoms with E-state index >= 15 is 0 Å². The number of carbonyl (C=O) groups is 1. The van der Waals surface area contributed by atoms with Gasteiger partial charge >= 0.3 is 6.18 Å². The van der Waals surface area contributed by atoms with Crippen LogP contribution in [0.25, 0.3) is 11.0 Å². The lowest BCUT2D eigenvalue weighted by atomic mass is 10.1. The maximum absolute atomic E-state index is 13.1. The molecule has 4 N–H and O–H groups in total. The van der Waals surface area contributed by atoms with Gasteiger partial charge in [0.2, 0.25) is 0 Å². The van der Waals surface area contributed by atoms with E-state index < -0.39 is 17.6 Å². The highest BCUT2D eigenvalue weighted by atomic mass is 19.4. The van der Waals surface area contributed by atoms with Gasteiger partial charge in [0.15, 0.2) is 0 Å². The number of pyridine rings is 1. The Kier molecular flexibility index (Phi) is 3.88. The van der Waals surface area contributed by atoms with Crippen LogP contribution >= 0.6 is 0 Å². The van der Waals surface area contributed by atoms with E-state index in [-0.39, 0.29) is 17.7 Å². The summed E-state index contributed by atoms with van der Waals surface area (Å²) in [6, 6.07) is 6.93. The second kappa shape index (κ2) is 5.88. The van der Waals surface area contributed by atoms with Gasteiger partial charge in [0, 0.05) is 24.3 Å². The lowest BCUT2D eigenvalue weighted by molar-refractivity contribution is -0.138. The minimum Gasteiger partial charge on any atom is -0.380 e. The standard InChI is InChI=1S/C16H13F3N4O/c17-16(18,19)12-4-2-1-3-9(12)7-22-13-10-5-6-21-15(10)23-8-11(13)14(20)24/h1-6,8H,7H2,(H2,20,24)(H2,21,22,23). The van der Waals surface area contributed by atoms with E-state index in [0.29, 0.717) is 16.7 Å². The summed E-state index contributed by atoms with van der Waals surface area (Å²) in [6.45, 7) is -0.111. The Morgan fingerprint density at radius 1 is 1.25 bits per heavy atom. The van der Waals surface area contributed by atoms with Crippen molar-refractivity contribution >= 4 is 22.6 Å². The highest BCUT2D eigenvalue weighted by Crippen LogP contribution is 2.33. The molecule has 0 atom stereocenters. The molecule has 2 aromatic heterocycles. The van der Waals surface area contributed by atoms with Crippen molar-refractivity contribution in [2.45, 2.75) is 12.7 Å². The Balaban J connectivity index is 1.99. The van der Waals surface area contributed by atoms with Crippen molar-refractivity contribution < 1.29 is 18.0 Å². The monoisotopic (exact) mass is 334 g/mol. The normalized spacial score (nSPS) is 11.6. The van der Waals surface area contributed by atoms with Crippen LogP contribution in [-0.2, 0) is 12.7 Å². The van der Waals surface area contributed by atoms with E-state index in [1.165, 1.54) is 24.4 Å². The minimum atomic E-state index is -4.45. The molecule has 0 aliphatic heterocycles. The molecule has 24 heavy (non-hydrogen) atoms. The summed E-state index contributed by atoms with van der Waals surface area (Å²) in [4.78, 5) is 18.5. The number of fused-ring (bicyclic) bond motifs is 1. The number of alkyl halides is 3. The van der Waals surface area contributed by atoms with E-state index in [4.69, 9.17) is 5.73 Å². The third-order valence-corrected chi connectivity index (χ3v) is 3.63. The van der Waals surface area contributed by atoms with Crippen LogP contribution in [0.4, 0.5) is 18.9 Å². The first-order chi connectivity index (χ1) is 11.4. The van der Waals surface area contributed by atoms with Gasteiger partial charge in [0.1, 0.15) is 5.65 Å². The number of nitrogens with zero attached hydrogens (tertiary/aromatic N) is 1. The summed E-state index contributed by atoms with van der Waals surface area (Å²) in [7, 11) is 0. The van der Waals surface area contributed by atoms with Crippen molar-refractivity contribution in [3.05, 3.63) is 59.4 Å². The highest BCUT2D eigenvalue weighted by Gasteiger charge is 2.32. The molecule has 0 aliphatic carbocycles. The van der Waals surface area contributed by atoms with Gasteiger partial charge in [0.25, 0.3) is 5.91 Å². The van der Waals surface area contributed by atoms with Crippen LogP contribution in [0, 0.1) is 0 Å². The number of aromatic nitrogens is 2. The first-order valence-corrected chi connectivity index (χ1v) is 7.03. The zero-order chi connectivity index (χ0) is 17.3. The Morgan fingerprint density at radius 3 is 2.71 bits per heavy atom. The maximum Gasteiger partial charge on any atom is 0.416 e. The fraction of sp³-hybridized carbons (Fsp3) is 0.125. The largest absolute Gasteiger partial charge is 0.416 e. The average Bonchev–Trinajstić information content (AvgIpc) is 3.00. The minimum absolute atomic E-state index is 0.0703. The molecule has 3 aromatic rings. The molecule has 1 amide bonds. The van der Waals surface area contributed by atoms with E-state index in [9.17, 15) is 18.0 Å². The lowest BCUT2D eigenvalue weighted by Gasteiger charge is -2.15. The van der Waals surface area contributed by atoms with E-state index in [1.807, 2.05) is 0 Å². The van der Waals surface area contributed by atoms with Crippen LogP contribution in [-0.4, -0.2) is 15.9 Å². The number of primary amides is 1. The van der Waals surface area contributed by atoms with Crippen molar-refractivity contribution in [1.82, 2.24) is 9.97 Å². The number of anilines is 1. The number of hydrogen-bond donors (Lipinski definition) is 3. The summed E-state index contributed by atoms with van der Waals surface area (Å²) in [5.41, 5.74) is 5.65. The molecule has 0 spiro atoms. The summed E-state index contributed by atoms with van der Waals surface area (Å²) >= 11 is 0. The Hall–Kier alpha value is -3.03. The molecule has 0 saturated heterocycles. The Morgan fingerprint density at radius 2 is 2.00 bits per heavy atom. The Labute approximate surface area is 134 Å². The molecule has 0 fully saturated rings. The zero-order valence-corrected chi connectivity index (χ0v) is 12.3. The van der Waals surface area contributed by atoms with Gasteiger partial charge in [-0.25, -0.2) is 4.98 Å². The number of aromatic amines is 1. The van der Waals surface area contributed by atoms with Gasteiger partial charge in [-0.05, 0) is 17.7 Å². The topological polar surface area (TPSA) is 83.8 Å². The number of benzene rings is 1. The molecule has 124 valence electrons. The molecule has 0 bridgehead atoms. The molecule has 3 rings (SSSR count). The second-order valence-corrected chi connectivity index (χ2v) is 5.16. The van der Waals surface area contributed by atoms with Gasteiger partial charge in [-0.1, -0.05) is 18.2 Å². The van der Waals surface area contributed by atoms with Gasteiger partial charge in [-0.3, -0.25) is 4.79 Å². The van der Waals surface area contributed by atoms with Crippen LogP contribution in [0.1, 0.15) is 21.5 Å². The summed E-state index contributed by atoms with van der Waals surface area (Å²) in [5.74, 6) is -0.711. The molecule has 0 radical (unpaired) electrons. The number of H-pyrrole nitrogens is 1. The Bertz CT molecular complexity index is 902. The maximum atomic E-state index is 13.1. The van der Waals surface area contributed by atoms with Gasteiger partial charge in [-0.2, -0.15) is 13.2 Å². The quantitative estimate of drug-likeness (QED) is 0.684. The van der Waals surface area contributed by atoms with Crippen molar-refractivity contribution in [3.8, 4) is 0 Å². The number of halogens is 3. The fourth-order valence-electron chi connectivity index (χ4n) is 2.52. The van der Waals surface area contributed by atoms with Gasteiger partial charge in [-0.15, -0.1) is 0 Å². The predicted molar refractivity (Wildman–Crippen MR) is 83.4 cm³/mol. The molecule has 0 unspecified atom stereocenters. The smallest absolute Gasteiger partial charge is 0.380 e. The number of amides is 1.